The maximum absolute atomic E-state index is 12.8. The minimum atomic E-state index is -3.94. The lowest BCUT2D eigenvalue weighted by Crippen LogP contribution is -2.46. The number of carboxylic acids is 1. The average molecular weight is 475 g/mol. The average Bonchev–Trinajstić information content (AvgIpc) is 2.76. The maximum atomic E-state index is 12.8. The van der Waals surface area contributed by atoms with E-state index in [2.05, 4.69) is 10.3 Å². The predicted molar refractivity (Wildman–Crippen MR) is 124 cm³/mol. The largest absolute Gasteiger partial charge is 0.497 e. The Hall–Kier alpha value is -3.47. The molecule has 0 aliphatic rings. The fourth-order valence-corrected chi connectivity index (χ4v) is 4.69. The van der Waals surface area contributed by atoms with E-state index in [-0.39, 0.29) is 30.0 Å². The van der Waals surface area contributed by atoms with Crippen molar-refractivity contribution in [3.63, 3.8) is 0 Å². The number of aromatic nitrogens is 3. The molecule has 1 N–H and O–H groups in total. The van der Waals surface area contributed by atoms with Crippen molar-refractivity contribution >= 4 is 32.6 Å². The summed E-state index contributed by atoms with van der Waals surface area (Å²) in [5.41, 5.74) is 1.12. The second-order valence-corrected chi connectivity index (χ2v) is 9.81. The Balaban J connectivity index is 1.95. The summed E-state index contributed by atoms with van der Waals surface area (Å²) in [5, 5.41) is 18.0. The van der Waals surface area contributed by atoms with Gasteiger partial charge in [-0.25, -0.2) is 17.9 Å². The Morgan fingerprint density at radius 3 is 2.39 bits per heavy atom. The first-order chi connectivity index (χ1) is 15.5. The van der Waals surface area contributed by atoms with Crippen LogP contribution in [0.15, 0.2) is 47.3 Å². The van der Waals surface area contributed by atoms with E-state index in [1.54, 1.807) is 36.4 Å². The highest BCUT2D eigenvalue weighted by molar-refractivity contribution is 7.92. The van der Waals surface area contributed by atoms with Crippen molar-refractivity contribution in [3.05, 3.63) is 58.4 Å². The highest BCUT2D eigenvalue weighted by Crippen LogP contribution is 2.25. The number of aryl methyl sites for hydroxylation is 1. The minimum absolute atomic E-state index is 0.147. The molecule has 0 amide bonds. The van der Waals surface area contributed by atoms with Gasteiger partial charge in [-0.3, -0.25) is 9.10 Å². The fraction of sp³-hybridized carbons (Fsp3) is 0.364. The first-order valence-electron chi connectivity index (χ1n) is 10.3. The zero-order valence-corrected chi connectivity index (χ0v) is 19.6. The van der Waals surface area contributed by atoms with Gasteiger partial charge in [0.15, 0.2) is 0 Å². The molecule has 3 aromatic rings. The summed E-state index contributed by atoms with van der Waals surface area (Å²) in [5.74, 6) is -0.634. The van der Waals surface area contributed by atoms with Crippen molar-refractivity contribution in [2.45, 2.75) is 38.8 Å². The van der Waals surface area contributed by atoms with E-state index in [4.69, 9.17) is 4.74 Å². The summed E-state index contributed by atoms with van der Waals surface area (Å²) < 4.78 is 32.2. The van der Waals surface area contributed by atoms with Gasteiger partial charge in [0.05, 0.1) is 24.4 Å². The third-order valence-electron chi connectivity index (χ3n) is 5.28. The van der Waals surface area contributed by atoms with Gasteiger partial charge < -0.3 is 9.84 Å². The number of sulfonamides is 1. The van der Waals surface area contributed by atoms with Crippen molar-refractivity contribution in [2.75, 3.05) is 17.7 Å². The molecule has 0 saturated carbocycles. The number of carboxylic acid groups (broad SMARTS) is 1. The van der Waals surface area contributed by atoms with E-state index in [1.807, 2.05) is 13.8 Å². The molecule has 0 aliphatic carbocycles. The van der Waals surface area contributed by atoms with Crippen LogP contribution in [0.4, 0.5) is 5.69 Å². The molecule has 0 aliphatic heterocycles. The summed E-state index contributed by atoms with van der Waals surface area (Å²) in [7, 11) is -2.47. The number of anilines is 1. The monoisotopic (exact) mass is 474 g/mol. The Morgan fingerprint density at radius 2 is 1.85 bits per heavy atom. The molecule has 11 heteroatoms. The van der Waals surface area contributed by atoms with Crippen LogP contribution in [0.25, 0.3) is 10.9 Å². The van der Waals surface area contributed by atoms with Gasteiger partial charge in [0.2, 0.25) is 10.0 Å². The van der Waals surface area contributed by atoms with Crippen LogP contribution in [-0.2, 0) is 21.4 Å². The first kappa shape index (κ1) is 24.2. The number of ether oxygens (including phenoxy) is 1. The van der Waals surface area contributed by atoms with Crippen molar-refractivity contribution in [1.82, 2.24) is 15.0 Å². The number of carbonyl (C=O) groups is 1. The van der Waals surface area contributed by atoms with Gasteiger partial charge in [0.25, 0.3) is 5.56 Å². The molecule has 1 aromatic heterocycles. The lowest BCUT2D eigenvalue weighted by atomic mass is 10.0. The fourth-order valence-electron chi connectivity index (χ4n) is 3.52. The van der Waals surface area contributed by atoms with Crippen molar-refractivity contribution in [2.24, 2.45) is 0 Å². The predicted octanol–water partition coefficient (Wildman–Crippen LogP) is 2.23. The zero-order valence-electron chi connectivity index (χ0n) is 18.8. The number of fused-ring (bicyclic) bond motifs is 1. The van der Waals surface area contributed by atoms with Gasteiger partial charge in [0, 0.05) is 6.54 Å². The highest BCUT2D eigenvalue weighted by Gasteiger charge is 2.33. The Kier molecular flexibility index (Phi) is 7.01. The molecule has 1 atom stereocenters. The zero-order chi connectivity index (χ0) is 24.3. The number of methoxy groups -OCH3 is 1. The second-order valence-electron chi connectivity index (χ2n) is 7.95. The molecular formula is C22H26N4O6S. The summed E-state index contributed by atoms with van der Waals surface area (Å²) in [6, 6.07) is 10.0. The highest BCUT2D eigenvalue weighted by atomic mass is 32.2. The minimum Gasteiger partial charge on any atom is -0.497 e. The molecular weight excluding hydrogens is 448 g/mol. The van der Waals surface area contributed by atoms with Gasteiger partial charge in [-0.2, -0.15) is 0 Å². The van der Waals surface area contributed by atoms with Crippen LogP contribution in [0.3, 0.4) is 0 Å². The summed E-state index contributed by atoms with van der Waals surface area (Å²) >= 11 is 0. The number of aliphatic carboxylic acids is 1. The van der Waals surface area contributed by atoms with Crippen LogP contribution in [0.2, 0.25) is 0 Å². The maximum Gasteiger partial charge on any atom is 0.327 e. The molecule has 0 spiro atoms. The van der Waals surface area contributed by atoms with Gasteiger partial charge >= 0.3 is 5.97 Å². The molecule has 33 heavy (non-hydrogen) atoms. The van der Waals surface area contributed by atoms with Gasteiger partial charge in [-0.05, 0) is 48.2 Å². The van der Waals surface area contributed by atoms with Crippen LogP contribution >= 0.6 is 0 Å². The molecule has 3 rings (SSSR count). The lowest BCUT2D eigenvalue weighted by Gasteiger charge is -2.29. The molecule has 0 radical (unpaired) electrons. The molecule has 0 saturated heterocycles. The molecule has 176 valence electrons. The molecule has 0 bridgehead atoms. The molecule has 0 fully saturated rings. The van der Waals surface area contributed by atoms with E-state index < -0.39 is 27.6 Å². The van der Waals surface area contributed by atoms with E-state index in [0.29, 0.717) is 11.3 Å². The Labute approximate surface area is 191 Å². The van der Waals surface area contributed by atoms with Crippen LogP contribution < -0.4 is 14.6 Å². The Morgan fingerprint density at radius 1 is 1.18 bits per heavy atom. The van der Waals surface area contributed by atoms with Crippen LogP contribution in [0.1, 0.15) is 31.7 Å². The van der Waals surface area contributed by atoms with Crippen molar-refractivity contribution in [3.8, 4) is 5.75 Å². The van der Waals surface area contributed by atoms with Crippen molar-refractivity contribution < 1.29 is 23.1 Å². The summed E-state index contributed by atoms with van der Waals surface area (Å²) in [4.78, 5) is 24.9. The molecule has 2 aromatic carbocycles. The lowest BCUT2D eigenvalue weighted by molar-refractivity contribution is -0.138. The first-order valence-corrected chi connectivity index (χ1v) is 12.1. The van der Waals surface area contributed by atoms with Crippen LogP contribution in [0, 0.1) is 0 Å². The number of hydrogen-bond donors (Lipinski definition) is 1. The third kappa shape index (κ3) is 5.30. The van der Waals surface area contributed by atoms with Crippen molar-refractivity contribution in [1.29, 1.82) is 0 Å². The summed E-state index contributed by atoms with van der Waals surface area (Å²) in [6.45, 7) is 3.86. The van der Waals surface area contributed by atoms with E-state index in [9.17, 15) is 23.1 Å². The third-order valence-corrected chi connectivity index (χ3v) is 6.46. The summed E-state index contributed by atoms with van der Waals surface area (Å²) in [6.07, 6.45) is 0.756. The van der Waals surface area contributed by atoms with Gasteiger partial charge in [0.1, 0.15) is 17.3 Å². The molecule has 10 nitrogen and oxygen atoms in total. The number of nitrogens with zero attached hydrogens (tertiary/aromatic N) is 4. The number of hydrogen-bond acceptors (Lipinski definition) is 7. The number of rotatable bonds is 9. The van der Waals surface area contributed by atoms with Gasteiger partial charge in [-0.1, -0.05) is 31.2 Å². The second kappa shape index (κ2) is 9.57. The smallest absolute Gasteiger partial charge is 0.327 e. The molecule has 1 heterocycles. The standard InChI is InChI=1S/C22H26N4O6S/c1-14(2)15-5-7-16(8-6-15)26(33(4,30)31)20(22(28)29)11-12-25-21(27)18-13-17(32-3)9-10-19(18)23-24-25/h5-10,13-14,20H,11-12H2,1-4H3,(H,28,29). The topological polar surface area (TPSA) is 132 Å². The van der Waals surface area contributed by atoms with Crippen LogP contribution in [0.5, 0.6) is 5.75 Å². The molecule has 1 unspecified atom stereocenters. The normalized spacial score (nSPS) is 12.6. The van der Waals surface area contributed by atoms with Crippen LogP contribution in [-0.4, -0.2) is 53.9 Å². The van der Waals surface area contributed by atoms with E-state index in [1.165, 1.54) is 13.2 Å². The van der Waals surface area contributed by atoms with E-state index >= 15 is 0 Å². The Bertz CT molecular complexity index is 1320. The number of benzene rings is 2. The van der Waals surface area contributed by atoms with E-state index in [0.717, 1.165) is 20.8 Å². The van der Waals surface area contributed by atoms with Gasteiger partial charge in [-0.15, -0.1) is 5.10 Å². The SMILES string of the molecule is COc1ccc2nnn(CCC(C(=O)O)N(c3ccc(C(C)C)cc3)S(C)(=O)=O)c(=O)c2c1. The quantitative estimate of drug-likeness (QED) is 0.499.